The number of phenols is 1. The minimum absolute atomic E-state index is 0.245. The number of hydrogen-bond donors (Lipinski definition) is 2. The summed E-state index contributed by atoms with van der Waals surface area (Å²) in [5.74, 6) is 0.000384. The molecule has 0 aliphatic carbocycles. The van der Waals surface area contributed by atoms with Crippen LogP contribution >= 0.6 is 0 Å². The highest BCUT2D eigenvalue weighted by Crippen LogP contribution is 2.31. The van der Waals surface area contributed by atoms with Crippen LogP contribution in [0.1, 0.15) is 5.56 Å². The SMILES string of the molecule is Cc1c(-c2ccc(F)cc2)[nH]c2ccc(O)cc12. The van der Waals surface area contributed by atoms with Crippen molar-refractivity contribution in [3.05, 3.63) is 53.8 Å². The molecule has 2 aromatic carbocycles. The van der Waals surface area contributed by atoms with Crippen LogP contribution in [0.3, 0.4) is 0 Å². The van der Waals surface area contributed by atoms with Crippen LogP contribution in [0, 0.1) is 12.7 Å². The molecule has 0 radical (unpaired) electrons. The molecule has 0 saturated heterocycles. The van der Waals surface area contributed by atoms with E-state index in [0.717, 1.165) is 27.7 Å². The lowest BCUT2D eigenvalue weighted by Gasteiger charge is -2.00. The van der Waals surface area contributed by atoms with E-state index < -0.39 is 0 Å². The molecule has 0 saturated carbocycles. The van der Waals surface area contributed by atoms with Gasteiger partial charge in [-0.25, -0.2) is 4.39 Å². The highest BCUT2D eigenvalue weighted by molar-refractivity contribution is 5.91. The van der Waals surface area contributed by atoms with Gasteiger partial charge >= 0.3 is 0 Å². The van der Waals surface area contributed by atoms with Crippen molar-refractivity contribution in [2.45, 2.75) is 6.92 Å². The van der Waals surface area contributed by atoms with Gasteiger partial charge in [0.25, 0.3) is 0 Å². The maximum absolute atomic E-state index is 12.9. The molecule has 2 nitrogen and oxygen atoms in total. The fourth-order valence-electron chi connectivity index (χ4n) is 2.22. The van der Waals surface area contributed by atoms with Gasteiger partial charge in [0.1, 0.15) is 11.6 Å². The van der Waals surface area contributed by atoms with Crippen LogP contribution in [0.2, 0.25) is 0 Å². The molecule has 3 heteroatoms. The summed E-state index contributed by atoms with van der Waals surface area (Å²) in [5, 5.41) is 10.5. The van der Waals surface area contributed by atoms with Gasteiger partial charge in [-0.2, -0.15) is 0 Å². The zero-order valence-corrected chi connectivity index (χ0v) is 9.87. The van der Waals surface area contributed by atoms with Gasteiger partial charge in [0.05, 0.1) is 0 Å². The summed E-state index contributed by atoms with van der Waals surface area (Å²) in [6, 6.07) is 11.6. The topological polar surface area (TPSA) is 36.0 Å². The van der Waals surface area contributed by atoms with Gasteiger partial charge < -0.3 is 10.1 Å². The highest BCUT2D eigenvalue weighted by atomic mass is 19.1. The second-order valence-electron chi connectivity index (χ2n) is 4.36. The molecule has 90 valence electrons. The van der Waals surface area contributed by atoms with Gasteiger partial charge in [-0.05, 0) is 60.5 Å². The number of aromatic hydroxyl groups is 1. The van der Waals surface area contributed by atoms with Crippen LogP contribution in [0.4, 0.5) is 4.39 Å². The Labute approximate surface area is 104 Å². The number of fused-ring (bicyclic) bond motifs is 1. The van der Waals surface area contributed by atoms with E-state index in [-0.39, 0.29) is 11.6 Å². The lowest BCUT2D eigenvalue weighted by molar-refractivity contribution is 0.476. The molecule has 0 unspecified atom stereocenters. The van der Waals surface area contributed by atoms with Crippen LogP contribution in [-0.2, 0) is 0 Å². The average molecular weight is 241 g/mol. The minimum Gasteiger partial charge on any atom is -0.508 e. The number of aromatic nitrogens is 1. The molecule has 0 aliphatic heterocycles. The number of benzene rings is 2. The van der Waals surface area contributed by atoms with Crippen molar-refractivity contribution in [2.24, 2.45) is 0 Å². The standard InChI is InChI=1S/C15H12FNO/c1-9-13-8-12(18)6-7-14(13)17-15(9)10-2-4-11(16)5-3-10/h2-8,17-18H,1H3. The van der Waals surface area contributed by atoms with Crippen molar-refractivity contribution in [3.8, 4) is 17.0 Å². The quantitative estimate of drug-likeness (QED) is 0.664. The molecular weight excluding hydrogens is 229 g/mol. The van der Waals surface area contributed by atoms with E-state index in [1.54, 1.807) is 24.3 Å². The Balaban J connectivity index is 2.23. The van der Waals surface area contributed by atoms with Crippen molar-refractivity contribution in [1.82, 2.24) is 4.98 Å². The number of phenolic OH excluding ortho intramolecular Hbond substituents is 1. The average Bonchev–Trinajstić information content (AvgIpc) is 2.68. The maximum Gasteiger partial charge on any atom is 0.123 e. The third kappa shape index (κ3) is 1.64. The lowest BCUT2D eigenvalue weighted by atomic mass is 10.1. The Morgan fingerprint density at radius 3 is 2.50 bits per heavy atom. The second kappa shape index (κ2) is 3.88. The largest absolute Gasteiger partial charge is 0.508 e. The van der Waals surface area contributed by atoms with Gasteiger partial charge in [0.2, 0.25) is 0 Å². The van der Waals surface area contributed by atoms with Crippen LogP contribution in [0.5, 0.6) is 5.75 Å². The molecule has 0 fully saturated rings. The van der Waals surface area contributed by atoms with E-state index in [9.17, 15) is 9.50 Å². The van der Waals surface area contributed by atoms with Crippen LogP contribution in [0.25, 0.3) is 22.2 Å². The van der Waals surface area contributed by atoms with Gasteiger partial charge in [-0.15, -0.1) is 0 Å². The zero-order chi connectivity index (χ0) is 12.7. The summed E-state index contributed by atoms with van der Waals surface area (Å²) in [4.78, 5) is 3.29. The number of hydrogen-bond acceptors (Lipinski definition) is 1. The maximum atomic E-state index is 12.9. The third-order valence-corrected chi connectivity index (χ3v) is 3.17. The van der Waals surface area contributed by atoms with Crippen molar-refractivity contribution >= 4 is 10.9 Å². The molecule has 3 aromatic rings. The van der Waals surface area contributed by atoms with Crippen molar-refractivity contribution in [3.63, 3.8) is 0 Å². The molecule has 2 N–H and O–H groups in total. The number of halogens is 1. The third-order valence-electron chi connectivity index (χ3n) is 3.17. The predicted octanol–water partition coefficient (Wildman–Crippen LogP) is 3.99. The summed E-state index contributed by atoms with van der Waals surface area (Å²) in [7, 11) is 0. The number of aryl methyl sites for hydroxylation is 1. The summed E-state index contributed by atoms with van der Waals surface area (Å²) >= 11 is 0. The zero-order valence-electron chi connectivity index (χ0n) is 9.87. The number of H-pyrrole nitrogens is 1. The van der Waals surface area contributed by atoms with Gasteiger partial charge in [0.15, 0.2) is 0 Å². The molecule has 0 spiro atoms. The Morgan fingerprint density at radius 1 is 1.06 bits per heavy atom. The Hall–Kier alpha value is -2.29. The molecular formula is C15H12FNO. The normalized spacial score (nSPS) is 11.0. The van der Waals surface area contributed by atoms with E-state index in [1.165, 1.54) is 12.1 Å². The fraction of sp³-hybridized carbons (Fsp3) is 0.0667. The molecule has 0 bridgehead atoms. The Morgan fingerprint density at radius 2 is 1.78 bits per heavy atom. The molecule has 3 rings (SSSR count). The van der Waals surface area contributed by atoms with Crippen LogP contribution < -0.4 is 0 Å². The van der Waals surface area contributed by atoms with Gasteiger partial charge in [-0.3, -0.25) is 0 Å². The monoisotopic (exact) mass is 241 g/mol. The van der Waals surface area contributed by atoms with E-state index in [4.69, 9.17) is 0 Å². The Bertz CT molecular complexity index is 713. The van der Waals surface area contributed by atoms with Crippen molar-refractivity contribution in [2.75, 3.05) is 0 Å². The van der Waals surface area contributed by atoms with E-state index in [1.807, 2.05) is 13.0 Å². The number of nitrogens with one attached hydrogen (secondary N) is 1. The summed E-state index contributed by atoms with van der Waals surface area (Å²) in [5.41, 5.74) is 3.90. The summed E-state index contributed by atoms with van der Waals surface area (Å²) in [6.07, 6.45) is 0. The first-order chi connectivity index (χ1) is 8.65. The first kappa shape index (κ1) is 10.8. The molecule has 0 amide bonds. The summed E-state index contributed by atoms with van der Waals surface area (Å²) in [6.45, 7) is 1.98. The van der Waals surface area contributed by atoms with Crippen molar-refractivity contribution < 1.29 is 9.50 Å². The Kier molecular flexibility index (Phi) is 2.33. The predicted molar refractivity (Wildman–Crippen MR) is 70.1 cm³/mol. The fourth-order valence-corrected chi connectivity index (χ4v) is 2.22. The highest BCUT2D eigenvalue weighted by Gasteiger charge is 2.09. The number of aromatic amines is 1. The van der Waals surface area contributed by atoms with Crippen molar-refractivity contribution in [1.29, 1.82) is 0 Å². The lowest BCUT2D eigenvalue weighted by Crippen LogP contribution is -1.81. The minimum atomic E-state index is -0.245. The number of rotatable bonds is 1. The van der Waals surface area contributed by atoms with Crippen LogP contribution in [-0.4, -0.2) is 10.1 Å². The molecule has 0 atom stereocenters. The molecule has 0 aliphatic rings. The van der Waals surface area contributed by atoms with Gasteiger partial charge in [0, 0.05) is 16.6 Å². The first-order valence-corrected chi connectivity index (χ1v) is 5.72. The van der Waals surface area contributed by atoms with Gasteiger partial charge in [-0.1, -0.05) is 0 Å². The van der Waals surface area contributed by atoms with Crippen LogP contribution in [0.15, 0.2) is 42.5 Å². The molecule has 18 heavy (non-hydrogen) atoms. The smallest absolute Gasteiger partial charge is 0.123 e. The molecule has 1 heterocycles. The summed E-state index contributed by atoms with van der Waals surface area (Å²) < 4.78 is 12.9. The second-order valence-corrected chi connectivity index (χ2v) is 4.36. The molecule has 1 aromatic heterocycles. The first-order valence-electron chi connectivity index (χ1n) is 5.72. The van der Waals surface area contributed by atoms with E-state index in [0.29, 0.717) is 0 Å². The van der Waals surface area contributed by atoms with E-state index in [2.05, 4.69) is 4.98 Å². The van der Waals surface area contributed by atoms with E-state index >= 15 is 0 Å².